The first-order valence-corrected chi connectivity index (χ1v) is 7.98. The first-order chi connectivity index (χ1) is 9.36. The van der Waals surface area contributed by atoms with Gasteiger partial charge in [-0.05, 0) is 12.1 Å². The molecule has 0 unspecified atom stereocenters. The van der Waals surface area contributed by atoms with E-state index in [0.29, 0.717) is 0 Å². The molecular formula is C14H17N3S2. The van der Waals surface area contributed by atoms with Crippen molar-refractivity contribution >= 4 is 34.8 Å². The van der Waals surface area contributed by atoms with E-state index >= 15 is 0 Å². The molecule has 1 aliphatic heterocycles. The van der Waals surface area contributed by atoms with Crippen molar-refractivity contribution < 1.29 is 0 Å². The number of para-hydroxylation sites is 1. The van der Waals surface area contributed by atoms with Crippen molar-refractivity contribution in [3.05, 3.63) is 41.4 Å². The molecule has 2 heterocycles. The molecule has 3 nitrogen and oxygen atoms in total. The van der Waals surface area contributed by atoms with Gasteiger partial charge in [-0.3, -0.25) is 0 Å². The van der Waals surface area contributed by atoms with Crippen LogP contribution in [0.1, 0.15) is 5.69 Å². The fourth-order valence-corrected chi connectivity index (χ4v) is 3.47. The zero-order chi connectivity index (χ0) is 13.1. The van der Waals surface area contributed by atoms with E-state index in [1.165, 1.54) is 5.69 Å². The number of aromatic nitrogens is 1. The van der Waals surface area contributed by atoms with E-state index < -0.39 is 0 Å². The lowest BCUT2D eigenvalue weighted by atomic mass is 10.2. The van der Waals surface area contributed by atoms with Gasteiger partial charge in [0, 0.05) is 43.0 Å². The Bertz CT molecular complexity index is 518. The van der Waals surface area contributed by atoms with Crippen LogP contribution in [-0.4, -0.2) is 31.2 Å². The van der Waals surface area contributed by atoms with Crippen molar-refractivity contribution in [3.8, 4) is 0 Å². The Kier molecular flexibility index (Phi) is 3.94. The van der Waals surface area contributed by atoms with Crippen LogP contribution in [-0.2, 0) is 5.75 Å². The van der Waals surface area contributed by atoms with Gasteiger partial charge in [0.25, 0.3) is 0 Å². The second-order valence-corrected chi connectivity index (χ2v) is 5.74. The third-order valence-corrected chi connectivity index (χ3v) is 4.65. The predicted molar refractivity (Wildman–Crippen MR) is 85.7 cm³/mol. The molecule has 0 N–H and O–H groups in total. The van der Waals surface area contributed by atoms with Gasteiger partial charge in [-0.25, -0.2) is 4.98 Å². The number of benzene rings is 1. The van der Waals surface area contributed by atoms with Gasteiger partial charge in [0.1, 0.15) is 0 Å². The minimum atomic E-state index is 0.723. The van der Waals surface area contributed by atoms with Crippen LogP contribution in [0.4, 0.5) is 10.8 Å². The molecule has 0 atom stereocenters. The fraction of sp³-hybridized carbons (Fsp3) is 0.357. The smallest absolute Gasteiger partial charge is 0.185 e. The number of thiol groups is 1. The second kappa shape index (κ2) is 5.84. The molecule has 100 valence electrons. The molecule has 0 aliphatic carbocycles. The molecule has 0 spiro atoms. The van der Waals surface area contributed by atoms with E-state index in [1.807, 2.05) is 0 Å². The number of nitrogens with zero attached hydrogens (tertiary/aromatic N) is 3. The maximum Gasteiger partial charge on any atom is 0.185 e. The summed E-state index contributed by atoms with van der Waals surface area (Å²) in [5.41, 5.74) is 2.39. The van der Waals surface area contributed by atoms with Gasteiger partial charge < -0.3 is 9.80 Å². The SMILES string of the molecule is SCc1csc(N2CCN(c3ccccc3)CC2)n1. The molecule has 1 saturated heterocycles. The molecule has 3 rings (SSSR count). The molecule has 1 aliphatic rings. The van der Waals surface area contributed by atoms with Gasteiger partial charge in [0.2, 0.25) is 0 Å². The van der Waals surface area contributed by atoms with Crippen molar-refractivity contribution in [3.63, 3.8) is 0 Å². The van der Waals surface area contributed by atoms with Gasteiger partial charge in [-0.2, -0.15) is 12.6 Å². The third-order valence-electron chi connectivity index (χ3n) is 3.37. The Labute approximate surface area is 123 Å². The zero-order valence-electron chi connectivity index (χ0n) is 10.7. The number of rotatable bonds is 3. The lowest BCUT2D eigenvalue weighted by molar-refractivity contribution is 0.651. The minimum absolute atomic E-state index is 0.723. The molecule has 1 fully saturated rings. The number of hydrogen-bond acceptors (Lipinski definition) is 5. The summed E-state index contributed by atoms with van der Waals surface area (Å²) in [6.45, 7) is 4.18. The van der Waals surface area contributed by atoms with Crippen LogP contribution in [0.2, 0.25) is 0 Å². The van der Waals surface area contributed by atoms with Crippen LogP contribution in [0.15, 0.2) is 35.7 Å². The van der Waals surface area contributed by atoms with Gasteiger partial charge >= 0.3 is 0 Å². The molecule has 0 bridgehead atoms. The Balaban J connectivity index is 1.63. The van der Waals surface area contributed by atoms with Gasteiger partial charge in [0.15, 0.2) is 5.13 Å². The normalized spacial score (nSPS) is 15.8. The standard InChI is InChI=1S/C14H17N3S2/c18-10-12-11-19-14(15-12)17-8-6-16(7-9-17)13-4-2-1-3-5-13/h1-5,11,18H,6-10H2. The largest absolute Gasteiger partial charge is 0.368 e. The Morgan fingerprint density at radius 2 is 1.74 bits per heavy atom. The van der Waals surface area contributed by atoms with E-state index in [-0.39, 0.29) is 0 Å². The monoisotopic (exact) mass is 291 g/mol. The molecule has 19 heavy (non-hydrogen) atoms. The van der Waals surface area contributed by atoms with Crippen molar-refractivity contribution in [2.24, 2.45) is 0 Å². The molecule has 1 aromatic heterocycles. The van der Waals surface area contributed by atoms with Crippen molar-refractivity contribution in [2.75, 3.05) is 36.0 Å². The molecule has 0 saturated carbocycles. The highest BCUT2D eigenvalue weighted by Crippen LogP contribution is 2.24. The number of hydrogen-bond donors (Lipinski definition) is 1. The van der Waals surface area contributed by atoms with Crippen LogP contribution >= 0.6 is 24.0 Å². The van der Waals surface area contributed by atoms with Crippen molar-refractivity contribution in [2.45, 2.75) is 5.75 Å². The van der Waals surface area contributed by atoms with E-state index in [9.17, 15) is 0 Å². The highest BCUT2D eigenvalue weighted by Gasteiger charge is 2.19. The Morgan fingerprint density at radius 1 is 1.05 bits per heavy atom. The van der Waals surface area contributed by atoms with Crippen molar-refractivity contribution in [1.82, 2.24) is 4.98 Å². The number of anilines is 2. The predicted octanol–water partition coefficient (Wildman–Crippen LogP) is 2.90. The topological polar surface area (TPSA) is 19.4 Å². The highest BCUT2D eigenvalue weighted by molar-refractivity contribution is 7.79. The first-order valence-electron chi connectivity index (χ1n) is 6.47. The summed E-state index contributed by atoms with van der Waals surface area (Å²) >= 11 is 5.99. The average Bonchev–Trinajstić information content (AvgIpc) is 2.97. The molecular weight excluding hydrogens is 274 g/mol. The molecule has 0 radical (unpaired) electrons. The van der Waals surface area contributed by atoms with Crippen molar-refractivity contribution in [1.29, 1.82) is 0 Å². The van der Waals surface area contributed by atoms with Crippen LogP contribution in [0, 0.1) is 0 Å². The Morgan fingerprint density at radius 3 is 2.37 bits per heavy atom. The van der Waals surface area contributed by atoms with Crippen LogP contribution in [0.5, 0.6) is 0 Å². The quantitative estimate of drug-likeness (QED) is 0.878. The van der Waals surface area contributed by atoms with E-state index in [2.05, 4.69) is 63.1 Å². The molecule has 0 amide bonds. The summed E-state index contributed by atoms with van der Waals surface area (Å²) in [5, 5.41) is 3.24. The summed E-state index contributed by atoms with van der Waals surface area (Å²) in [6.07, 6.45) is 0. The van der Waals surface area contributed by atoms with Gasteiger partial charge in [-0.15, -0.1) is 11.3 Å². The van der Waals surface area contributed by atoms with Crippen LogP contribution in [0.3, 0.4) is 0 Å². The Hall–Kier alpha value is -1.20. The molecule has 2 aromatic rings. The van der Waals surface area contributed by atoms with Crippen LogP contribution < -0.4 is 9.80 Å². The van der Waals surface area contributed by atoms with E-state index in [0.717, 1.165) is 42.8 Å². The summed E-state index contributed by atoms with van der Waals surface area (Å²) < 4.78 is 0. The number of thiazole rings is 1. The fourth-order valence-electron chi connectivity index (χ4n) is 2.31. The average molecular weight is 291 g/mol. The summed E-state index contributed by atoms with van der Waals surface area (Å²) in [7, 11) is 0. The maximum absolute atomic E-state index is 4.60. The highest BCUT2D eigenvalue weighted by atomic mass is 32.1. The molecule has 1 aromatic carbocycles. The number of piperazine rings is 1. The van der Waals surface area contributed by atoms with Gasteiger partial charge in [-0.1, -0.05) is 18.2 Å². The third kappa shape index (κ3) is 2.87. The van der Waals surface area contributed by atoms with E-state index in [4.69, 9.17) is 0 Å². The lowest BCUT2D eigenvalue weighted by Gasteiger charge is -2.36. The minimum Gasteiger partial charge on any atom is -0.368 e. The zero-order valence-corrected chi connectivity index (χ0v) is 12.4. The van der Waals surface area contributed by atoms with E-state index in [1.54, 1.807) is 11.3 Å². The van der Waals surface area contributed by atoms with Gasteiger partial charge in [0.05, 0.1) is 5.69 Å². The summed E-state index contributed by atoms with van der Waals surface area (Å²) in [4.78, 5) is 9.41. The lowest BCUT2D eigenvalue weighted by Crippen LogP contribution is -2.46. The second-order valence-electron chi connectivity index (χ2n) is 4.59. The first kappa shape index (κ1) is 12.8. The summed E-state index contributed by atoms with van der Waals surface area (Å²) in [5.74, 6) is 0.723. The maximum atomic E-state index is 4.60. The molecule has 5 heteroatoms. The summed E-state index contributed by atoms with van der Waals surface area (Å²) in [6, 6.07) is 10.6. The van der Waals surface area contributed by atoms with Crippen LogP contribution in [0.25, 0.3) is 0 Å².